The van der Waals surface area contributed by atoms with Gasteiger partial charge < -0.3 is 14.6 Å². The summed E-state index contributed by atoms with van der Waals surface area (Å²) in [5.74, 6) is 1.14. The first kappa shape index (κ1) is 21.1. The fraction of sp³-hybridized carbons (Fsp3) is 0.263. The third-order valence-electron chi connectivity index (χ3n) is 3.92. The number of nitrogens with zero attached hydrogens (tertiary/aromatic N) is 4. The van der Waals surface area contributed by atoms with E-state index in [0.717, 1.165) is 5.69 Å². The van der Waals surface area contributed by atoms with Crippen molar-refractivity contribution < 1.29 is 19.4 Å². The Morgan fingerprint density at radius 3 is 2.69 bits per heavy atom. The highest BCUT2D eigenvalue weighted by atomic mass is 35.5. The Morgan fingerprint density at radius 1 is 1.24 bits per heavy atom. The Labute approximate surface area is 176 Å². The van der Waals surface area contributed by atoms with Crippen LogP contribution in [0.1, 0.15) is 17.3 Å². The zero-order valence-corrected chi connectivity index (χ0v) is 17.4. The standard InChI is InChI=1S/C19H19ClN4O4S/c1-12(25)13-3-8-17(18(9-13)27-2)28-10-16(26)11-29-19-21-22-23-24(19)15-6-4-14(20)5-7-15/h3-9,16,26H,10-11H2,1-2H3. The van der Waals surface area contributed by atoms with Gasteiger partial charge in [0.1, 0.15) is 6.61 Å². The molecule has 0 radical (unpaired) electrons. The normalized spacial score (nSPS) is 11.9. The maximum Gasteiger partial charge on any atom is 0.214 e. The van der Waals surface area contributed by atoms with Crippen LogP contribution in [0.5, 0.6) is 11.5 Å². The Bertz CT molecular complexity index is 981. The molecule has 0 saturated carbocycles. The molecule has 1 aromatic heterocycles. The molecule has 2 aromatic carbocycles. The lowest BCUT2D eigenvalue weighted by atomic mass is 10.1. The molecular formula is C19H19ClN4O4S. The largest absolute Gasteiger partial charge is 0.493 e. The Balaban J connectivity index is 1.57. The van der Waals surface area contributed by atoms with Gasteiger partial charge in [0.15, 0.2) is 17.3 Å². The van der Waals surface area contributed by atoms with E-state index in [1.807, 2.05) is 0 Å². The summed E-state index contributed by atoms with van der Waals surface area (Å²) >= 11 is 7.21. The second kappa shape index (κ2) is 9.73. The molecule has 10 heteroatoms. The Hall–Kier alpha value is -2.62. The summed E-state index contributed by atoms with van der Waals surface area (Å²) in [7, 11) is 1.50. The van der Waals surface area contributed by atoms with Gasteiger partial charge >= 0.3 is 0 Å². The molecule has 0 bridgehead atoms. The van der Waals surface area contributed by atoms with Crippen LogP contribution in [-0.4, -0.2) is 56.7 Å². The number of ketones is 1. The number of aromatic nitrogens is 4. The van der Waals surface area contributed by atoms with Crippen LogP contribution >= 0.6 is 23.4 Å². The van der Waals surface area contributed by atoms with E-state index in [4.69, 9.17) is 21.1 Å². The molecule has 3 rings (SSSR count). The van der Waals surface area contributed by atoms with Gasteiger partial charge in [-0.2, -0.15) is 4.68 Å². The molecule has 3 aromatic rings. The van der Waals surface area contributed by atoms with Crippen molar-refractivity contribution in [3.8, 4) is 17.2 Å². The quantitative estimate of drug-likeness (QED) is 0.405. The average molecular weight is 435 g/mol. The summed E-state index contributed by atoms with van der Waals surface area (Å²) in [4.78, 5) is 11.5. The second-order valence-electron chi connectivity index (χ2n) is 6.05. The number of aliphatic hydroxyl groups is 1. The highest BCUT2D eigenvalue weighted by Gasteiger charge is 2.14. The number of Topliss-reactive ketones (excluding diaryl/α,β-unsaturated/α-hetero) is 1. The molecular weight excluding hydrogens is 416 g/mol. The summed E-state index contributed by atoms with van der Waals surface area (Å²) in [5, 5.41) is 23.1. The number of hydrogen-bond acceptors (Lipinski definition) is 8. The van der Waals surface area contributed by atoms with Gasteiger partial charge in [-0.25, -0.2) is 0 Å². The molecule has 0 saturated heterocycles. The number of ether oxygens (including phenoxy) is 2. The van der Waals surface area contributed by atoms with Crippen molar-refractivity contribution in [1.29, 1.82) is 0 Å². The van der Waals surface area contributed by atoms with Gasteiger partial charge in [0.05, 0.1) is 18.9 Å². The lowest BCUT2D eigenvalue weighted by molar-refractivity contribution is 0.101. The summed E-state index contributed by atoms with van der Waals surface area (Å²) in [5.41, 5.74) is 1.29. The fourth-order valence-corrected chi connectivity index (χ4v) is 3.35. The zero-order chi connectivity index (χ0) is 20.8. The van der Waals surface area contributed by atoms with Crippen LogP contribution in [-0.2, 0) is 0 Å². The van der Waals surface area contributed by atoms with E-state index in [2.05, 4.69) is 15.5 Å². The Morgan fingerprint density at radius 2 is 2.00 bits per heavy atom. The van der Waals surface area contributed by atoms with Crippen molar-refractivity contribution in [1.82, 2.24) is 20.2 Å². The van der Waals surface area contributed by atoms with E-state index in [1.54, 1.807) is 47.1 Å². The summed E-state index contributed by atoms with van der Waals surface area (Å²) in [6.07, 6.45) is -0.771. The third-order valence-corrected chi connectivity index (χ3v) is 5.23. The molecule has 0 aliphatic carbocycles. The molecule has 152 valence electrons. The van der Waals surface area contributed by atoms with Crippen LogP contribution < -0.4 is 9.47 Å². The molecule has 0 spiro atoms. The van der Waals surface area contributed by atoms with E-state index in [9.17, 15) is 9.90 Å². The van der Waals surface area contributed by atoms with Crippen molar-refractivity contribution in [3.63, 3.8) is 0 Å². The van der Waals surface area contributed by atoms with Crippen LogP contribution in [0.2, 0.25) is 5.02 Å². The van der Waals surface area contributed by atoms with Gasteiger partial charge in [0.2, 0.25) is 5.16 Å². The van der Waals surface area contributed by atoms with Crippen LogP contribution in [0.25, 0.3) is 5.69 Å². The minimum absolute atomic E-state index is 0.0469. The van der Waals surface area contributed by atoms with Gasteiger partial charge in [0, 0.05) is 16.3 Å². The zero-order valence-electron chi connectivity index (χ0n) is 15.8. The molecule has 0 aliphatic heterocycles. The molecule has 0 amide bonds. The molecule has 0 fully saturated rings. The van der Waals surface area contributed by atoms with Gasteiger partial charge in [-0.3, -0.25) is 4.79 Å². The lowest BCUT2D eigenvalue weighted by Gasteiger charge is -2.14. The van der Waals surface area contributed by atoms with Gasteiger partial charge in [-0.15, -0.1) is 5.10 Å². The van der Waals surface area contributed by atoms with Crippen molar-refractivity contribution in [2.75, 3.05) is 19.5 Å². The molecule has 0 aliphatic rings. The number of aliphatic hydroxyl groups excluding tert-OH is 1. The number of thioether (sulfide) groups is 1. The minimum Gasteiger partial charge on any atom is -0.493 e. The highest BCUT2D eigenvalue weighted by molar-refractivity contribution is 7.99. The van der Waals surface area contributed by atoms with E-state index < -0.39 is 6.10 Å². The van der Waals surface area contributed by atoms with Crippen molar-refractivity contribution >= 4 is 29.1 Å². The minimum atomic E-state index is -0.771. The number of carbonyl (C=O) groups excluding carboxylic acids is 1. The molecule has 8 nitrogen and oxygen atoms in total. The number of tetrazole rings is 1. The number of methoxy groups -OCH3 is 1. The number of benzene rings is 2. The molecule has 1 N–H and O–H groups in total. The summed E-state index contributed by atoms with van der Waals surface area (Å²) < 4.78 is 12.5. The van der Waals surface area contributed by atoms with E-state index in [0.29, 0.717) is 33.0 Å². The maximum absolute atomic E-state index is 11.5. The van der Waals surface area contributed by atoms with E-state index >= 15 is 0 Å². The fourth-order valence-electron chi connectivity index (χ4n) is 2.42. The molecule has 1 heterocycles. The number of carbonyl (C=O) groups is 1. The first-order valence-corrected chi connectivity index (χ1v) is 10.0. The predicted molar refractivity (Wildman–Crippen MR) is 109 cm³/mol. The number of hydrogen-bond donors (Lipinski definition) is 1. The highest BCUT2D eigenvalue weighted by Crippen LogP contribution is 2.28. The molecule has 1 unspecified atom stereocenters. The average Bonchev–Trinajstić information content (AvgIpc) is 3.19. The van der Waals surface area contributed by atoms with Crippen LogP contribution in [0.15, 0.2) is 47.6 Å². The summed E-state index contributed by atoms with van der Waals surface area (Å²) in [6.45, 7) is 1.53. The first-order valence-electron chi connectivity index (χ1n) is 8.65. The summed E-state index contributed by atoms with van der Waals surface area (Å²) in [6, 6.07) is 12.0. The van der Waals surface area contributed by atoms with E-state index in [-0.39, 0.29) is 12.4 Å². The maximum atomic E-state index is 11.5. The second-order valence-corrected chi connectivity index (χ2v) is 7.47. The molecule has 29 heavy (non-hydrogen) atoms. The molecule has 1 atom stereocenters. The topological polar surface area (TPSA) is 99.4 Å². The Kier molecular flexibility index (Phi) is 7.08. The monoisotopic (exact) mass is 434 g/mol. The number of rotatable bonds is 9. The lowest BCUT2D eigenvalue weighted by Crippen LogP contribution is -2.20. The predicted octanol–water partition coefficient (Wildman–Crippen LogP) is 3.06. The van der Waals surface area contributed by atoms with Crippen LogP contribution in [0.3, 0.4) is 0 Å². The van der Waals surface area contributed by atoms with Gasteiger partial charge in [-0.1, -0.05) is 23.4 Å². The van der Waals surface area contributed by atoms with Crippen LogP contribution in [0.4, 0.5) is 0 Å². The smallest absolute Gasteiger partial charge is 0.214 e. The van der Waals surface area contributed by atoms with E-state index in [1.165, 1.54) is 25.8 Å². The first-order chi connectivity index (χ1) is 14.0. The van der Waals surface area contributed by atoms with Crippen molar-refractivity contribution in [2.24, 2.45) is 0 Å². The van der Waals surface area contributed by atoms with Gasteiger partial charge in [0.25, 0.3) is 0 Å². The van der Waals surface area contributed by atoms with Crippen molar-refractivity contribution in [2.45, 2.75) is 18.2 Å². The van der Waals surface area contributed by atoms with Crippen LogP contribution in [0, 0.1) is 0 Å². The third kappa shape index (κ3) is 5.47. The van der Waals surface area contributed by atoms with Crippen molar-refractivity contribution in [3.05, 3.63) is 53.1 Å². The number of halogens is 1. The SMILES string of the molecule is COc1cc(C(C)=O)ccc1OCC(O)CSc1nnnn1-c1ccc(Cl)cc1. The van der Waals surface area contributed by atoms with Gasteiger partial charge in [-0.05, 0) is 59.8 Å².